The topological polar surface area (TPSA) is 74.6 Å². The lowest BCUT2D eigenvalue weighted by Gasteiger charge is -2.62. The van der Waals surface area contributed by atoms with Gasteiger partial charge in [0.1, 0.15) is 5.78 Å². The van der Waals surface area contributed by atoms with Crippen LogP contribution in [0.4, 0.5) is 0 Å². The zero-order chi connectivity index (χ0) is 21.8. The third-order valence-corrected chi connectivity index (χ3v) is 10.7. The predicted molar refractivity (Wildman–Crippen MR) is 117 cm³/mol. The van der Waals surface area contributed by atoms with Crippen LogP contribution in [-0.4, -0.2) is 28.1 Å². The summed E-state index contributed by atoms with van der Waals surface area (Å²) in [4.78, 5) is 25.0. The molecule has 0 radical (unpaired) electrons. The highest BCUT2D eigenvalue weighted by atomic mass is 16.4. The van der Waals surface area contributed by atoms with Gasteiger partial charge in [-0.15, -0.1) is 0 Å². The molecule has 2 N–H and O–H groups in total. The molecule has 10 atom stereocenters. The van der Waals surface area contributed by atoms with Crippen molar-refractivity contribution in [1.82, 2.24) is 0 Å². The van der Waals surface area contributed by atoms with Crippen molar-refractivity contribution in [2.24, 2.45) is 52.3 Å². The van der Waals surface area contributed by atoms with E-state index in [9.17, 15) is 14.7 Å². The number of hydrogen-bond acceptors (Lipinski definition) is 3. The first-order chi connectivity index (χ1) is 14.1. The fraction of sp³-hybridized carbons (Fsp3) is 0.923. The summed E-state index contributed by atoms with van der Waals surface area (Å²) in [6.07, 6.45) is 9.01. The average molecular weight is 419 g/mol. The molecule has 4 rings (SSSR count). The van der Waals surface area contributed by atoms with E-state index in [1.807, 2.05) is 0 Å². The summed E-state index contributed by atoms with van der Waals surface area (Å²) in [5.74, 6) is 2.31. The molecule has 0 aromatic heterocycles. The molecule has 4 aliphatic rings. The van der Waals surface area contributed by atoms with E-state index in [-0.39, 0.29) is 35.2 Å². The minimum atomic E-state index is -0.697. The molecule has 0 amide bonds. The maximum Gasteiger partial charge on any atom is 0.303 e. The van der Waals surface area contributed by atoms with Gasteiger partial charge in [0.2, 0.25) is 0 Å². The molecule has 0 aliphatic heterocycles. The summed E-state index contributed by atoms with van der Waals surface area (Å²) in [5.41, 5.74) is 0.358. The number of Topliss-reactive ketones (excluding diaryl/α,β-unsaturated/α-hetero) is 1. The number of aliphatic carboxylic acids is 1. The molecule has 0 bridgehead atoms. The van der Waals surface area contributed by atoms with E-state index < -0.39 is 5.97 Å². The number of carbonyl (C=O) groups excluding carboxylic acids is 1. The van der Waals surface area contributed by atoms with E-state index in [0.29, 0.717) is 35.4 Å². The minimum absolute atomic E-state index is 0.108. The SMILES string of the molecule is CC[C@@H]1C(=O)[C@H]2C3CC[C@H]([C@H](C)CCC(=O)O)[C@@]3(C)CCC2[C@@]2(C)CC[C@@H](O)C[C@@H]12. The monoisotopic (exact) mass is 418 g/mol. The smallest absolute Gasteiger partial charge is 0.303 e. The normalized spacial score (nSPS) is 49.1. The van der Waals surface area contributed by atoms with Crippen LogP contribution in [-0.2, 0) is 9.59 Å². The number of hydrogen-bond donors (Lipinski definition) is 2. The van der Waals surface area contributed by atoms with Gasteiger partial charge in [0.15, 0.2) is 0 Å². The second kappa shape index (κ2) is 7.90. The Morgan fingerprint density at radius 1 is 1.07 bits per heavy atom. The van der Waals surface area contributed by atoms with Gasteiger partial charge < -0.3 is 10.2 Å². The van der Waals surface area contributed by atoms with Crippen molar-refractivity contribution in [2.75, 3.05) is 0 Å². The molecule has 0 aromatic rings. The lowest BCUT2D eigenvalue weighted by Crippen LogP contribution is -2.60. The number of fused-ring (bicyclic) bond motifs is 5. The van der Waals surface area contributed by atoms with E-state index in [1.54, 1.807) is 0 Å². The van der Waals surface area contributed by atoms with Crippen LogP contribution in [0.15, 0.2) is 0 Å². The Balaban J connectivity index is 1.62. The molecule has 0 saturated heterocycles. The minimum Gasteiger partial charge on any atom is -0.481 e. The molecule has 170 valence electrons. The highest BCUT2D eigenvalue weighted by Gasteiger charge is 2.65. The van der Waals surface area contributed by atoms with Gasteiger partial charge in [-0.25, -0.2) is 0 Å². The first kappa shape index (κ1) is 22.3. The van der Waals surface area contributed by atoms with E-state index in [0.717, 1.165) is 51.4 Å². The quantitative estimate of drug-likeness (QED) is 0.633. The lowest BCUT2D eigenvalue weighted by molar-refractivity contribution is -0.173. The van der Waals surface area contributed by atoms with Crippen molar-refractivity contribution in [3.63, 3.8) is 0 Å². The number of carbonyl (C=O) groups is 2. The van der Waals surface area contributed by atoms with Crippen molar-refractivity contribution in [3.8, 4) is 0 Å². The van der Waals surface area contributed by atoms with Crippen LogP contribution in [0.2, 0.25) is 0 Å². The van der Waals surface area contributed by atoms with Crippen molar-refractivity contribution < 1.29 is 19.8 Å². The molecule has 0 aromatic carbocycles. The number of rotatable bonds is 5. The van der Waals surface area contributed by atoms with Crippen molar-refractivity contribution in [1.29, 1.82) is 0 Å². The van der Waals surface area contributed by atoms with E-state index in [4.69, 9.17) is 5.11 Å². The fourth-order valence-corrected chi connectivity index (χ4v) is 9.16. The third-order valence-electron chi connectivity index (χ3n) is 10.7. The predicted octanol–water partition coefficient (Wildman–Crippen LogP) is 5.32. The standard InChI is InChI=1S/C26H42O4/c1-5-17-21-14-16(27)10-12-26(21,4)20-11-13-25(3)18(15(2)6-9-22(28)29)7-8-19(25)23(20)24(17)30/h15-21,23,27H,5-14H2,1-4H3,(H,28,29)/t15-,16-,17+,18-,19?,20?,21+,23+,25-,26-/m1/s1. The number of carboxylic acid groups (broad SMARTS) is 1. The Morgan fingerprint density at radius 3 is 2.40 bits per heavy atom. The number of aliphatic hydroxyl groups is 1. The summed E-state index contributed by atoms with van der Waals surface area (Å²) in [7, 11) is 0. The van der Waals surface area contributed by atoms with Crippen LogP contribution < -0.4 is 0 Å². The number of carboxylic acids is 1. The van der Waals surface area contributed by atoms with Gasteiger partial charge in [-0.2, -0.15) is 0 Å². The van der Waals surface area contributed by atoms with Gasteiger partial charge in [0, 0.05) is 18.3 Å². The molecule has 2 unspecified atom stereocenters. The first-order valence-electron chi connectivity index (χ1n) is 12.6. The molecule has 30 heavy (non-hydrogen) atoms. The molecule has 4 heteroatoms. The highest BCUT2D eigenvalue weighted by Crippen LogP contribution is 2.68. The number of aliphatic hydroxyl groups excluding tert-OH is 1. The van der Waals surface area contributed by atoms with Crippen LogP contribution in [0.3, 0.4) is 0 Å². The summed E-state index contributed by atoms with van der Waals surface area (Å²) < 4.78 is 0. The van der Waals surface area contributed by atoms with E-state index in [2.05, 4.69) is 27.7 Å². The number of ketones is 1. The zero-order valence-corrected chi connectivity index (χ0v) is 19.4. The van der Waals surface area contributed by atoms with Crippen LogP contribution in [0.25, 0.3) is 0 Å². The summed E-state index contributed by atoms with van der Waals surface area (Å²) in [5, 5.41) is 19.5. The Bertz CT molecular complexity index is 689. The molecular formula is C26H42O4. The molecule has 4 nitrogen and oxygen atoms in total. The summed E-state index contributed by atoms with van der Waals surface area (Å²) in [6.45, 7) is 9.28. The van der Waals surface area contributed by atoms with Crippen LogP contribution in [0.5, 0.6) is 0 Å². The second-order valence-corrected chi connectivity index (χ2v) is 11.8. The second-order valence-electron chi connectivity index (χ2n) is 11.8. The van der Waals surface area contributed by atoms with E-state index in [1.165, 1.54) is 6.42 Å². The molecule has 0 spiro atoms. The van der Waals surface area contributed by atoms with E-state index >= 15 is 0 Å². The summed E-state index contributed by atoms with van der Waals surface area (Å²) >= 11 is 0. The fourth-order valence-electron chi connectivity index (χ4n) is 9.16. The van der Waals surface area contributed by atoms with Crippen LogP contribution in [0, 0.1) is 52.3 Å². The maximum atomic E-state index is 13.9. The molecule has 4 saturated carbocycles. The average Bonchev–Trinajstić information content (AvgIpc) is 3.05. The van der Waals surface area contributed by atoms with Gasteiger partial charge in [-0.1, -0.05) is 27.7 Å². The lowest BCUT2D eigenvalue weighted by atomic mass is 9.42. The molecule has 4 fully saturated rings. The molecular weight excluding hydrogens is 376 g/mol. The van der Waals surface area contributed by atoms with Crippen LogP contribution in [0.1, 0.15) is 91.9 Å². The Labute approximate surface area is 182 Å². The van der Waals surface area contributed by atoms with Gasteiger partial charge >= 0.3 is 5.97 Å². The third kappa shape index (κ3) is 3.27. The Hall–Kier alpha value is -0.900. The first-order valence-corrected chi connectivity index (χ1v) is 12.6. The zero-order valence-electron chi connectivity index (χ0n) is 19.4. The van der Waals surface area contributed by atoms with Crippen molar-refractivity contribution in [3.05, 3.63) is 0 Å². The van der Waals surface area contributed by atoms with Gasteiger partial charge in [-0.3, -0.25) is 9.59 Å². The molecule has 4 aliphatic carbocycles. The Kier molecular flexibility index (Phi) is 5.87. The van der Waals surface area contributed by atoms with Crippen molar-refractivity contribution in [2.45, 2.75) is 98.0 Å². The maximum absolute atomic E-state index is 13.9. The Morgan fingerprint density at radius 2 is 1.73 bits per heavy atom. The highest BCUT2D eigenvalue weighted by molar-refractivity contribution is 5.86. The van der Waals surface area contributed by atoms with Crippen LogP contribution >= 0.6 is 0 Å². The van der Waals surface area contributed by atoms with Gasteiger partial charge in [0.05, 0.1) is 6.10 Å². The van der Waals surface area contributed by atoms with Gasteiger partial charge in [0.25, 0.3) is 0 Å². The largest absolute Gasteiger partial charge is 0.481 e. The van der Waals surface area contributed by atoms with Gasteiger partial charge in [-0.05, 0) is 98.2 Å². The molecule has 0 heterocycles. The van der Waals surface area contributed by atoms with Crippen molar-refractivity contribution >= 4 is 11.8 Å². The summed E-state index contributed by atoms with van der Waals surface area (Å²) in [6, 6.07) is 0.